The Morgan fingerprint density at radius 1 is 1.24 bits per heavy atom. The highest BCUT2D eigenvalue weighted by atomic mass is 16.3. The maximum atomic E-state index is 12.1. The van der Waals surface area contributed by atoms with Crippen molar-refractivity contribution in [3.05, 3.63) is 35.9 Å². The molecular formula is C17H26N2O2. The van der Waals surface area contributed by atoms with Gasteiger partial charge >= 0.3 is 6.03 Å². The van der Waals surface area contributed by atoms with Gasteiger partial charge in [-0.3, -0.25) is 0 Å². The first kappa shape index (κ1) is 15.8. The van der Waals surface area contributed by atoms with E-state index >= 15 is 0 Å². The zero-order chi connectivity index (χ0) is 15.5. The zero-order valence-corrected chi connectivity index (χ0v) is 13.2. The number of amides is 2. The summed E-state index contributed by atoms with van der Waals surface area (Å²) in [7, 11) is 0. The first-order chi connectivity index (χ1) is 9.87. The van der Waals surface area contributed by atoms with Crippen LogP contribution in [-0.4, -0.2) is 34.7 Å². The van der Waals surface area contributed by atoms with Crippen LogP contribution in [0.5, 0.6) is 0 Å². The molecule has 1 atom stereocenters. The number of rotatable bonds is 2. The number of carbonyl (C=O) groups excluding carboxylic acids is 1. The fraction of sp³-hybridized carbons (Fsp3) is 0.588. The molecule has 1 saturated heterocycles. The Kier molecular flexibility index (Phi) is 4.88. The van der Waals surface area contributed by atoms with Crippen molar-refractivity contribution in [3.8, 4) is 0 Å². The first-order valence-electron chi connectivity index (χ1n) is 7.67. The van der Waals surface area contributed by atoms with Crippen LogP contribution in [-0.2, 0) is 0 Å². The number of piperidine rings is 1. The SMILES string of the molecule is CC(C)(C)NC(=O)N1CCC(C(O)c2ccccc2)CC1. The van der Waals surface area contributed by atoms with Gasteiger partial charge in [0.2, 0.25) is 0 Å². The molecule has 0 spiro atoms. The Morgan fingerprint density at radius 3 is 2.33 bits per heavy atom. The van der Waals surface area contributed by atoms with Crippen molar-refractivity contribution in [2.45, 2.75) is 45.3 Å². The third-order valence-corrected chi connectivity index (χ3v) is 3.90. The van der Waals surface area contributed by atoms with Crippen molar-refractivity contribution in [1.29, 1.82) is 0 Å². The van der Waals surface area contributed by atoms with E-state index in [2.05, 4.69) is 5.32 Å². The fourth-order valence-electron chi connectivity index (χ4n) is 2.74. The average molecular weight is 290 g/mol. The molecular weight excluding hydrogens is 264 g/mol. The summed E-state index contributed by atoms with van der Waals surface area (Å²) in [6, 6.07) is 9.77. The van der Waals surface area contributed by atoms with Gasteiger partial charge in [0.05, 0.1) is 6.10 Å². The van der Waals surface area contributed by atoms with Gasteiger partial charge < -0.3 is 15.3 Å². The third-order valence-electron chi connectivity index (χ3n) is 3.90. The molecule has 2 rings (SSSR count). The number of nitrogens with one attached hydrogen (secondary N) is 1. The highest BCUT2D eigenvalue weighted by Gasteiger charge is 2.29. The van der Waals surface area contributed by atoms with Crippen LogP contribution >= 0.6 is 0 Å². The molecule has 1 fully saturated rings. The lowest BCUT2D eigenvalue weighted by atomic mass is 9.87. The average Bonchev–Trinajstić information content (AvgIpc) is 2.46. The maximum Gasteiger partial charge on any atom is 0.317 e. The molecule has 4 heteroatoms. The van der Waals surface area contributed by atoms with Gasteiger partial charge in [-0.15, -0.1) is 0 Å². The van der Waals surface area contributed by atoms with Crippen LogP contribution in [0.15, 0.2) is 30.3 Å². The predicted octanol–water partition coefficient (Wildman–Crippen LogP) is 2.94. The largest absolute Gasteiger partial charge is 0.388 e. The Hall–Kier alpha value is -1.55. The molecule has 4 nitrogen and oxygen atoms in total. The van der Waals surface area contributed by atoms with Crippen LogP contribution < -0.4 is 5.32 Å². The van der Waals surface area contributed by atoms with Crippen LogP contribution in [0.25, 0.3) is 0 Å². The van der Waals surface area contributed by atoms with E-state index in [-0.39, 0.29) is 17.5 Å². The summed E-state index contributed by atoms with van der Waals surface area (Å²) >= 11 is 0. The van der Waals surface area contributed by atoms with Gasteiger partial charge in [-0.2, -0.15) is 0 Å². The van der Waals surface area contributed by atoms with Crippen molar-refractivity contribution < 1.29 is 9.90 Å². The zero-order valence-electron chi connectivity index (χ0n) is 13.2. The number of benzene rings is 1. The smallest absolute Gasteiger partial charge is 0.317 e. The standard InChI is InChI=1S/C17H26N2O2/c1-17(2,3)18-16(21)19-11-9-14(10-12-19)15(20)13-7-5-4-6-8-13/h4-8,14-15,20H,9-12H2,1-3H3,(H,18,21). The second-order valence-corrected chi connectivity index (χ2v) is 6.86. The van der Waals surface area contributed by atoms with E-state index < -0.39 is 6.10 Å². The molecule has 1 aliphatic rings. The minimum atomic E-state index is -0.431. The molecule has 0 radical (unpaired) electrons. The summed E-state index contributed by atoms with van der Waals surface area (Å²) in [4.78, 5) is 14.0. The fourth-order valence-corrected chi connectivity index (χ4v) is 2.74. The summed E-state index contributed by atoms with van der Waals surface area (Å²) in [5.41, 5.74) is 0.757. The topological polar surface area (TPSA) is 52.6 Å². The molecule has 1 unspecified atom stereocenters. The molecule has 1 aliphatic heterocycles. The summed E-state index contributed by atoms with van der Waals surface area (Å²) in [6.07, 6.45) is 1.25. The highest BCUT2D eigenvalue weighted by Crippen LogP contribution is 2.30. The maximum absolute atomic E-state index is 12.1. The molecule has 0 bridgehead atoms. The van der Waals surface area contributed by atoms with E-state index in [1.165, 1.54) is 0 Å². The molecule has 1 heterocycles. The Bertz CT molecular complexity index is 459. The van der Waals surface area contributed by atoms with Crippen molar-refractivity contribution in [3.63, 3.8) is 0 Å². The van der Waals surface area contributed by atoms with E-state index in [9.17, 15) is 9.90 Å². The first-order valence-corrected chi connectivity index (χ1v) is 7.67. The molecule has 0 aliphatic carbocycles. The van der Waals surface area contributed by atoms with E-state index in [4.69, 9.17) is 0 Å². The second kappa shape index (κ2) is 6.48. The van der Waals surface area contributed by atoms with Gasteiger partial charge in [0.1, 0.15) is 0 Å². The number of likely N-dealkylation sites (tertiary alicyclic amines) is 1. The molecule has 1 aromatic rings. The monoisotopic (exact) mass is 290 g/mol. The predicted molar refractivity (Wildman–Crippen MR) is 84.0 cm³/mol. The van der Waals surface area contributed by atoms with Gasteiger partial charge in [-0.25, -0.2) is 4.79 Å². The highest BCUT2D eigenvalue weighted by molar-refractivity contribution is 5.75. The summed E-state index contributed by atoms with van der Waals surface area (Å²) < 4.78 is 0. The van der Waals surface area contributed by atoms with Gasteiger partial charge in [-0.1, -0.05) is 30.3 Å². The second-order valence-electron chi connectivity index (χ2n) is 6.86. The van der Waals surface area contributed by atoms with E-state index in [0.717, 1.165) is 18.4 Å². The van der Waals surface area contributed by atoms with Gasteiger partial charge in [0.25, 0.3) is 0 Å². The number of hydrogen-bond donors (Lipinski definition) is 2. The van der Waals surface area contributed by atoms with Gasteiger partial charge in [0.15, 0.2) is 0 Å². The number of hydrogen-bond acceptors (Lipinski definition) is 2. The van der Waals surface area contributed by atoms with Crippen LogP contribution in [0.1, 0.15) is 45.3 Å². The molecule has 0 aromatic heterocycles. The normalized spacial score (nSPS) is 18.4. The van der Waals surface area contributed by atoms with Crippen molar-refractivity contribution >= 4 is 6.03 Å². The molecule has 1 aromatic carbocycles. The summed E-state index contributed by atoms with van der Waals surface area (Å²) in [5, 5.41) is 13.4. The minimum Gasteiger partial charge on any atom is -0.388 e. The number of nitrogens with zero attached hydrogens (tertiary/aromatic N) is 1. The number of carbonyl (C=O) groups is 1. The van der Waals surface area contributed by atoms with Crippen molar-refractivity contribution in [1.82, 2.24) is 10.2 Å². The van der Waals surface area contributed by atoms with Gasteiger partial charge in [0, 0.05) is 18.6 Å². The van der Waals surface area contributed by atoms with Crippen LogP contribution in [0.4, 0.5) is 4.79 Å². The van der Waals surface area contributed by atoms with Crippen molar-refractivity contribution in [2.24, 2.45) is 5.92 Å². The van der Waals surface area contributed by atoms with Crippen molar-refractivity contribution in [2.75, 3.05) is 13.1 Å². The Morgan fingerprint density at radius 2 is 1.81 bits per heavy atom. The van der Waals surface area contributed by atoms with Gasteiger partial charge in [-0.05, 0) is 45.1 Å². The quantitative estimate of drug-likeness (QED) is 0.880. The lowest BCUT2D eigenvalue weighted by Gasteiger charge is -2.36. The summed E-state index contributed by atoms with van der Waals surface area (Å²) in [5.74, 6) is 0.228. The van der Waals surface area contributed by atoms with Crippen LogP contribution in [0.2, 0.25) is 0 Å². The summed E-state index contributed by atoms with van der Waals surface area (Å²) in [6.45, 7) is 7.36. The lowest BCUT2D eigenvalue weighted by Crippen LogP contribution is -2.51. The molecule has 116 valence electrons. The Labute approximate surface area is 127 Å². The Balaban J connectivity index is 1.87. The van der Waals surface area contributed by atoms with Crippen LogP contribution in [0.3, 0.4) is 0 Å². The van der Waals surface area contributed by atoms with Crippen LogP contribution in [0, 0.1) is 5.92 Å². The number of urea groups is 1. The molecule has 21 heavy (non-hydrogen) atoms. The van der Waals surface area contributed by atoms with E-state index in [1.54, 1.807) is 0 Å². The third kappa shape index (κ3) is 4.46. The minimum absolute atomic E-state index is 0.00449. The van der Waals surface area contributed by atoms with E-state index in [0.29, 0.717) is 13.1 Å². The van der Waals surface area contributed by atoms with E-state index in [1.807, 2.05) is 56.0 Å². The molecule has 2 amide bonds. The molecule has 2 N–H and O–H groups in total. The number of aliphatic hydroxyl groups is 1. The lowest BCUT2D eigenvalue weighted by molar-refractivity contribution is 0.0656. The number of aliphatic hydroxyl groups excluding tert-OH is 1. The molecule has 0 saturated carbocycles.